The molecule has 6 nitrogen and oxygen atoms in total. The summed E-state index contributed by atoms with van der Waals surface area (Å²) < 4.78 is 13.0. The quantitative estimate of drug-likeness (QED) is 0.168. The molecule has 0 aliphatic rings. The Morgan fingerprint density at radius 1 is 0.750 bits per heavy atom. The van der Waals surface area contributed by atoms with Gasteiger partial charge in [0.2, 0.25) is 0 Å². The van der Waals surface area contributed by atoms with Gasteiger partial charge in [0.15, 0.2) is 0 Å². The Bertz CT molecular complexity index is 1590. The van der Waals surface area contributed by atoms with E-state index in [2.05, 4.69) is 4.57 Å². The molecule has 5 rings (SSSR count). The van der Waals surface area contributed by atoms with Crippen LogP contribution < -0.4 is 9.47 Å². The second kappa shape index (κ2) is 9.57. The van der Waals surface area contributed by atoms with Crippen molar-refractivity contribution in [1.29, 1.82) is 0 Å². The van der Waals surface area contributed by atoms with Crippen LogP contribution in [0.15, 0.2) is 84.9 Å². The molecule has 0 amide bonds. The number of nitrogens with zero attached hydrogens (tertiary/aromatic N) is 2. The zero-order chi connectivity index (χ0) is 25.4. The molecule has 0 saturated carbocycles. The SMILES string of the molecule is COc1ccc(-n2c(-c3ccc(Cl)c(Cl)c3)c(-c3ccc([N+](=O)[O-])cc3)c3cc(OC)ccc32)cc1. The lowest BCUT2D eigenvalue weighted by Crippen LogP contribution is -1.98. The number of hydrogen-bond donors (Lipinski definition) is 0. The van der Waals surface area contributed by atoms with E-state index in [0.29, 0.717) is 15.8 Å². The smallest absolute Gasteiger partial charge is 0.269 e. The Balaban J connectivity index is 1.91. The van der Waals surface area contributed by atoms with Gasteiger partial charge in [0.1, 0.15) is 11.5 Å². The molecule has 5 aromatic rings. The molecular weight excluding hydrogens is 499 g/mol. The zero-order valence-electron chi connectivity index (χ0n) is 19.4. The van der Waals surface area contributed by atoms with E-state index < -0.39 is 4.92 Å². The van der Waals surface area contributed by atoms with Gasteiger partial charge in [-0.3, -0.25) is 10.1 Å². The summed E-state index contributed by atoms with van der Waals surface area (Å²) in [5.74, 6) is 1.43. The fourth-order valence-electron chi connectivity index (χ4n) is 4.36. The van der Waals surface area contributed by atoms with E-state index in [-0.39, 0.29) is 5.69 Å². The van der Waals surface area contributed by atoms with E-state index in [1.807, 2.05) is 54.6 Å². The topological polar surface area (TPSA) is 66.5 Å². The number of methoxy groups -OCH3 is 2. The van der Waals surface area contributed by atoms with Crippen molar-refractivity contribution in [3.8, 4) is 39.6 Å². The molecule has 0 saturated heterocycles. The Labute approximate surface area is 217 Å². The lowest BCUT2D eigenvalue weighted by molar-refractivity contribution is -0.384. The zero-order valence-corrected chi connectivity index (χ0v) is 20.9. The molecule has 0 aliphatic heterocycles. The predicted molar refractivity (Wildman–Crippen MR) is 144 cm³/mol. The average molecular weight is 519 g/mol. The van der Waals surface area contributed by atoms with Gasteiger partial charge in [-0.15, -0.1) is 0 Å². The van der Waals surface area contributed by atoms with Crippen LogP contribution in [0.4, 0.5) is 5.69 Å². The molecule has 0 spiro atoms. The molecular formula is C28H20Cl2N2O4. The van der Waals surface area contributed by atoms with Gasteiger partial charge in [0.05, 0.1) is 40.4 Å². The van der Waals surface area contributed by atoms with Crippen molar-refractivity contribution in [2.24, 2.45) is 0 Å². The second-order valence-electron chi connectivity index (χ2n) is 8.07. The number of hydrogen-bond acceptors (Lipinski definition) is 4. The van der Waals surface area contributed by atoms with E-state index >= 15 is 0 Å². The molecule has 0 bridgehead atoms. The molecule has 0 fully saturated rings. The van der Waals surface area contributed by atoms with E-state index in [9.17, 15) is 10.1 Å². The molecule has 8 heteroatoms. The van der Waals surface area contributed by atoms with Gasteiger partial charge in [-0.2, -0.15) is 0 Å². The van der Waals surface area contributed by atoms with E-state index in [1.54, 1.807) is 32.4 Å². The highest BCUT2D eigenvalue weighted by Crippen LogP contribution is 2.45. The molecule has 0 unspecified atom stereocenters. The van der Waals surface area contributed by atoms with Gasteiger partial charge >= 0.3 is 0 Å². The summed E-state index contributed by atoms with van der Waals surface area (Å²) in [6, 6.07) is 25.6. The third-order valence-corrected chi connectivity index (χ3v) is 6.80. The van der Waals surface area contributed by atoms with E-state index in [4.69, 9.17) is 32.7 Å². The predicted octanol–water partition coefficient (Wildman–Crippen LogP) is 8.20. The second-order valence-corrected chi connectivity index (χ2v) is 8.89. The third kappa shape index (κ3) is 4.15. The van der Waals surface area contributed by atoms with Crippen molar-refractivity contribution in [3.63, 3.8) is 0 Å². The lowest BCUT2D eigenvalue weighted by Gasteiger charge is -2.14. The molecule has 0 aliphatic carbocycles. The van der Waals surface area contributed by atoms with Gasteiger partial charge in [0, 0.05) is 34.3 Å². The Morgan fingerprint density at radius 3 is 2.00 bits per heavy atom. The number of ether oxygens (including phenoxy) is 2. The van der Waals surface area contributed by atoms with Gasteiger partial charge in [-0.25, -0.2) is 0 Å². The summed E-state index contributed by atoms with van der Waals surface area (Å²) in [5.41, 5.74) is 5.24. The van der Waals surface area contributed by atoms with Crippen LogP contribution >= 0.6 is 23.2 Å². The maximum absolute atomic E-state index is 11.3. The Morgan fingerprint density at radius 2 is 1.39 bits per heavy atom. The van der Waals surface area contributed by atoms with Gasteiger partial charge in [0.25, 0.3) is 5.69 Å². The van der Waals surface area contributed by atoms with Crippen LogP contribution in [0.3, 0.4) is 0 Å². The summed E-state index contributed by atoms with van der Waals surface area (Å²) in [6.07, 6.45) is 0. The molecule has 1 aromatic heterocycles. The maximum atomic E-state index is 11.3. The first-order valence-electron chi connectivity index (χ1n) is 11.0. The van der Waals surface area contributed by atoms with Crippen LogP contribution in [0, 0.1) is 10.1 Å². The maximum Gasteiger partial charge on any atom is 0.269 e. The number of rotatable bonds is 6. The molecule has 1 heterocycles. The van der Waals surface area contributed by atoms with Crippen LogP contribution in [0.1, 0.15) is 0 Å². The number of nitro benzene ring substituents is 1. The van der Waals surface area contributed by atoms with E-state index in [1.165, 1.54) is 12.1 Å². The molecule has 0 N–H and O–H groups in total. The minimum absolute atomic E-state index is 0.0197. The fraction of sp³-hybridized carbons (Fsp3) is 0.0714. The molecule has 4 aromatic carbocycles. The highest BCUT2D eigenvalue weighted by molar-refractivity contribution is 6.42. The first kappa shape index (κ1) is 23.7. The van der Waals surface area contributed by atoms with Crippen LogP contribution in [-0.2, 0) is 0 Å². The van der Waals surface area contributed by atoms with Crippen LogP contribution in [-0.4, -0.2) is 23.7 Å². The van der Waals surface area contributed by atoms with Crippen molar-refractivity contribution in [3.05, 3.63) is 105 Å². The Kier molecular flexibility index (Phi) is 6.31. The van der Waals surface area contributed by atoms with Crippen molar-refractivity contribution in [2.45, 2.75) is 0 Å². The minimum atomic E-state index is -0.409. The summed E-state index contributed by atoms with van der Waals surface area (Å²) in [6.45, 7) is 0. The standard InChI is InChI=1S/C28H20Cl2N2O4/c1-35-21-10-8-19(9-11-21)31-26-14-12-22(36-2)16-23(26)27(17-3-6-20(7-4-17)32(33)34)28(31)18-5-13-24(29)25(30)15-18/h3-16H,1-2H3. The summed E-state index contributed by atoms with van der Waals surface area (Å²) in [7, 11) is 3.24. The highest BCUT2D eigenvalue weighted by Gasteiger charge is 2.23. The fourth-order valence-corrected chi connectivity index (χ4v) is 4.65. The first-order chi connectivity index (χ1) is 17.4. The van der Waals surface area contributed by atoms with Crippen molar-refractivity contribution in [2.75, 3.05) is 14.2 Å². The minimum Gasteiger partial charge on any atom is -0.497 e. The number of aromatic nitrogens is 1. The highest BCUT2D eigenvalue weighted by atomic mass is 35.5. The molecule has 0 radical (unpaired) electrons. The van der Waals surface area contributed by atoms with Gasteiger partial charge in [-0.1, -0.05) is 29.3 Å². The van der Waals surface area contributed by atoms with Crippen LogP contribution in [0.2, 0.25) is 10.0 Å². The average Bonchev–Trinajstić information content (AvgIpc) is 3.24. The lowest BCUT2D eigenvalue weighted by atomic mass is 9.98. The van der Waals surface area contributed by atoms with Crippen molar-refractivity contribution < 1.29 is 14.4 Å². The van der Waals surface area contributed by atoms with Crippen molar-refractivity contribution in [1.82, 2.24) is 4.57 Å². The summed E-state index contributed by atoms with van der Waals surface area (Å²) in [4.78, 5) is 10.9. The number of halogens is 2. The largest absolute Gasteiger partial charge is 0.497 e. The number of benzene rings is 4. The van der Waals surface area contributed by atoms with Gasteiger partial charge in [-0.05, 0) is 72.3 Å². The van der Waals surface area contributed by atoms with Crippen LogP contribution in [0.25, 0.3) is 39.0 Å². The normalized spacial score (nSPS) is 11.0. The number of nitro groups is 1. The van der Waals surface area contributed by atoms with E-state index in [0.717, 1.165) is 44.7 Å². The Hall–Kier alpha value is -4.00. The number of fused-ring (bicyclic) bond motifs is 1. The molecule has 36 heavy (non-hydrogen) atoms. The third-order valence-electron chi connectivity index (χ3n) is 6.06. The monoisotopic (exact) mass is 518 g/mol. The molecule has 0 atom stereocenters. The molecule has 180 valence electrons. The first-order valence-corrected chi connectivity index (χ1v) is 11.7. The van der Waals surface area contributed by atoms with Crippen molar-refractivity contribution >= 4 is 39.8 Å². The summed E-state index contributed by atoms with van der Waals surface area (Å²) >= 11 is 12.7. The van der Waals surface area contributed by atoms with Crippen LogP contribution in [0.5, 0.6) is 11.5 Å². The van der Waals surface area contributed by atoms with Gasteiger partial charge < -0.3 is 14.0 Å². The number of non-ortho nitro benzene ring substituents is 1. The summed E-state index contributed by atoms with van der Waals surface area (Å²) in [5, 5.41) is 13.1.